The Morgan fingerprint density at radius 1 is 1.53 bits per heavy atom. The lowest BCUT2D eigenvalue weighted by molar-refractivity contribution is -0.174. The van der Waals surface area contributed by atoms with E-state index >= 15 is 0 Å². The Balaban J connectivity index is 0.00000324. The molecular formula is C11H12BrClF3NO2. The predicted octanol–water partition coefficient (Wildman–Crippen LogP) is 3.21. The Morgan fingerprint density at radius 3 is 2.63 bits per heavy atom. The van der Waals surface area contributed by atoms with Crippen LogP contribution in [0.25, 0.3) is 0 Å². The molecule has 108 valence electrons. The second-order valence-corrected chi connectivity index (χ2v) is 4.32. The van der Waals surface area contributed by atoms with Gasteiger partial charge in [-0.05, 0) is 28.9 Å². The van der Waals surface area contributed by atoms with Crippen molar-refractivity contribution in [3.8, 4) is 0 Å². The van der Waals surface area contributed by atoms with E-state index in [1.54, 1.807) is 0 Å². The van der Waals surface area contributed by atoms with Crippen LogP contribution in [0.15, 0.2) is 22.7 Å². The minimum absolute atomic E-state index is 0. The molecule has 0 aliphatic rings. The molecule has 3 nitrogen and oxygen atoms in total. The molecule has 1 atom stereocenters. The minimum Gasteiger partial charge on any atom is -0.462 e. The van der Waals surface area contributed by atoms with Gasteiger partial charge in [0.05, 0.1) is 11.1 Å². The molecule has 0 aromatic heterocycles. The summed E-state index contributed by atoms with van der Waals surface area (Å²) in [6.07, 6.45) is 0. The molecule has 1 aromatic carbocycles. The average Bonchev–Trinajstić information content (AvgIpc) is 2.32. The molecule has 2 N–H and O–H groups in total. The highest BCUT2D eigenvalue weighted by Crippen LogP contribution is 2.33. The van der Waals surface area contributed by atoms with E-state index in [2.05, 4.69) is 20.7 Å². The Morgan fingerprint density at radius 2 is 2.11 bits per heavy atom. The highest BCUT2D eigenvalue weighted by molar-refractivity contribution is 9.10. The second kappa shape index (κ2) is 7.12. The largest absolute Gasteiger partial charge is 0.462 e. The summed E-state index contributed by atoms with van der Waals surface area (Å²) in [7, 11) is 0. The zero-order valence-corrected chi connectivity index (χ0v) is 12.2. The summed E-state index contributed by atoms with van der Waals surface area (Å²) in [5.74, 6) is -6.68. The zero-order valence-electron chi connectivity index (χ0n) is 9.83. The number of hydrogen-bond donors (Lipinski definition) is 1. The van der Waals surface area contributed by atoms with Crippen molar-refractivity contribution in [2.24, 2.45) is 5.73 Å². The maximum Gasteiger partial charge on any atom is 0.379 e. The summed E-state index contributed by atoms with van der Waals surface area (Å²) in [5, 5.41) is 0. The third-order valence-corrected chi connectivity index (χ3v) is 2.87. The van der Waals surface area contributed by atoms with Crippen molar-refractivity contribution in [2.45, 2.75) is 18.9 Å². The van der Waals surface area contributed by atoms with Gasteiger partial charge in [-0.3, -0.25) is 0 Å². The van der Waals surface area contributed by atoms with Gasteiger partial charge in [0.15, 0.2) is 0 Å². The fourth-order valence-electron chi connectivity index (χ4n) is 1.31. The van der Waals surface area contributed by atoms with Crippen LogP contribution in [0.4, 0.5) is 13.2 Å². The minimum atomic E-state index is -3.99. The number of esters is 1. The molecule has 0 spiro atoms. The summed E-state index contributed by atoms with van der Waals surface area (Å²) in [6, 6.07) is 1.68. The smallest absolute Gasteiger partial charge is 0.379 e. The van der Waals surface area contributed by atoms with Crippen LogP contribution in [0.2, 0.25) is 0 Å². The zero-order chi connectivity index (χ0) is 13.9. The van der Waals surface area contributed by atoms with Gasteiger partial charge < -0.3 is 10.5 Å². The van der Waals surface area contributed by atoms with Crippen LogP contribution in [-0.2, 0) is 9.53 Å². The first kappa shape index (κ1) is 18.2. The summed E-state index contributed by atoms with van der Waals surface area (Å²) in [5.41, 5.74) is 4.81. The fourth-order valence-corrected chi connectivity index (χ4v) is 1.69. The Kier molecular flexibility index (Phi) is 6.82. The van der Waals surface area contributed by atoms with Crippen LogP contribution in [0.1, 0.15) is 18.5 Å². The van der Waals surface area contributed by atoms with Gasteiger partial charge in [0.1, 0.15) is 11.9 Å². The fraction of sp³-hybridized carbons (Fsp3) is 0.364. The molecule has 1 rings (SSSR count). The van der Waals surface area contributed by atoms with E-state index in [0.29, 0.717) is 0 Å². The molecule has 0 saturated carbocycles. The number of rotatable bonds is 4. The van der Waals surface area contributed by atoms with Crippen molar-refractivity contribution >= 4 is 34.3 Å². The molecule has 1 aromatic rings. The van der Waals surface area contributed by atoms with Crippen molar-refractivity contribution in [2.75, 3.05) is 6.61 Å². The molecule has 0 aliphatic carbocycles. The van der Waals surface area contributed by atoms with Crippen molar-refractivity contribution in [3.63, 3.8) is 0 Å². The lowest BCUT2D eigenvalue weighted by Crippen LogP contribution is -2.42. The third-order valence-electron chi connectivity index (χ3n) is 2.25. The van der Waals surface area contributed by atoms with E-state index in [1.807, 2.05) is 0 Å². The topological polar surface area (TPSA) is 52.3 Å². The van der Waals surface area contributed by atoms with Gasteiger partial charge in [0.2, 0.25) is 0 Å². The first-order valence-corrected chi connectivity index (χ1v) is 5.86. The number of carbonyl (C=O) groups excluding carboxylic acids is 1. The molecule has 0 fully saturated rings. The van der Waals surface area contributed by atoms with E-state index in [9.17, 15) is 18.0 Å². The van der Waals surface area contributed by atoms with Gasteiger partial charge in [-0.15, -0.1) is 12.4 Å². The number of carbonyl (C=O) groups is 1. The average molecular weight is 363 g/mol. The summed E-state index contributed by atoms with van der Waals surface area (Å²) in [4.78, 5) is 11.1. The summed E-state index contributed by atoms with van der Waals surface area (Å²) < 4.78 is 45.1. The second-order valence-electron chi connectivity index (χ2n) is 3.46. The number of alkyl halides is 2. The Labute approximate surface area is 122 Å². The van der Waals surface area contributed by atoms with Crippen LogP contribution in [0.3, 0.4) is 0 Å². The third kappa shape index (κ3) is 3.84. The Bertz CT molecular complexity index is 460. The van der Waals surface area contributed by atoms with E-state index in [0.717, 1.165) is 6.07 Å². The number of benzene rings is 1. The SMILES string of the molecule is CCOC(=O)C(F)(F)[C@H](N)c1cccc(Br)c1F.Cl. The van der Waals surface area contributed by atoms with E-state index in [1.165, 1.54) is 19.1 Å². The van der Waals surface area contributed by atoms with Crippen molar-refractivity contribution in [1.82, 2.24) is 0 Å². The standard InChI is InChI=1S/C11H11BrF3NO2.ClH/c1-2-18-10(17)11(14,15)9(16)6-4-3-5-7(12)8(6)13;/h3-5,9H,2,16H2,1H3;1H/t9-;/m1./s1. The van der Waals surface area contributed by atoms with Gasteiger partial charge in [0, 0.05) is 5.56 Å². The number of hydrogen-bond acceptors (Lipinski definition) is 3. The van der Waals surface area contributed by atoms with Crippen LogP contribution in [0, 0.1) is 5.82 Å². The monoisotopic (exact) mass is 361 g/mol. The van der Waals surface area contributed by atoms with Crippen LogP contribution < -0.4 is 5.73 Å². The first-order valence-electron chi connectivity index (χ1n) is 5.06. The lowest BCUT2D eigenvalue weighted by atomic mass is 10.0. The molecule has 19 heavy (non-hydrogen) atoms. The van der Waals surface area contributed by atoms with Crippen LogP contribution >= 0.6 is 28.3 Å². The Hall–Kier alpha value is -0.790. The highest BCUT2D eigenvalue weighted by Gasteiger charge is 2.48. The molecule has 8 heteroatoms. The van der Waals surface area contributed by atoms with Gasteiger partial charge >= 0.3 is 11.9 Å². The summed E-state index contributed by atoms with van der Waals surface area (Å²) in [6.45, 7) is 1.18. The van der Waals surface area contributed by atoms with Crippen LogP contribution in [-0.4, -0.2) is 18.5 Å². The van der Waals surface area contributed by atoms with E-state index < -0.39 is 29.3 Å². The highest BCUT2D eigenvalue weighted by atomic mass is 79.9. The van der Waals surface area contributed by atoms with Crippen molar-refractivity contribution < 1.29 is 22.7 Å². The maximum absolute atomic E-state index is 13.6. The molecule has 0 aliphatic heterocycles. The van der Waals surface area contributed by atoms with E-state index in [4.69, 9.17) is 5.73 Å². The maximum atomic E-state index is 13.6. The first-order chi connectivity index (χ1) is 8.32. The number of nitrogens with two attached hydrogens (primary N) is 1. The van der Waals surface area contributed by atoms with Gasteiger partial charge in [0.25, 0.3) is 0 Å². The molecule has 0 heterocycles. The van der Waals surface area contributed by atoms with Gasteiger partial charge in [-0.25, -0.2) is 9.18 Å². The van der Waals surface area contributed by atoms with Gasteiger partial charge in [-0.1, -0.05) is 12.1 Å². The van der Waals surface area contributed by atoms with Crippen molar-refractivity contribution in [3.05, 3.63) is 34.1 Å². The number of ether oxygens (including phenoxy) is 1. The lowest BCUT2D eigenvalue weighted by Gasteiger charge is -2.22. The van der Waals surface area contributed by atoms with E-state index in [-0.39, 0.29) is 23.5 Å². The van der Waals surface area contributed by atoms with Crippen LogP contribution in [0.5, 0.6) is 0 Å². The molecule has 0 bridgehead atoms. The predicted molar refractivity (Wildman–Crippen MR) is 69.9 cm³/mol. The number of halogens is 5. The quantitative estimate of drug-likeness (QED) is 0.837. The molecule has 0 saturated heterocycles. The normalized spacial score (nSPS) is 12.5. The molecule has 0 unspecified atom stereocenters. The summed E-state index contributed by atoms with van der Waals surface area (Å²) >= 11 is 2.86. The van der Waals surface area contributed by atoms with Gasteiger partial charge in [-0.2, -0.15) is 8.78 Å². The molecule has 0 radical (unpaired) electrons. The molecule has 0 amide bonds. The van der Waals surface area contributed by atoms with Crippen molar-refractivity contribution in [1.29, 1.82) is 0 Å². The molecular weight excluding hydrogens is 350 g/mol.